The SMILES string of the molecule is COc1cc(OCCC(C)(C)C)cc(C(C)=O)c1. The second-order valence-electron chi connectivity index (χ2n) is 5.61. The minimum atomic E-state index is 0.00886. The van der Waals surface area contributed by atoms with Crippen LogP contribution in [0.25, 0.3) is 0 Å². The summed E-state index contributed by atoms with van der Waals surface area (Å²) in [5, 5.41) is 0. The Morgan fingerprint density at radius 3 is 2.28 bits per heavy atom. The molecule has 0 amide bonds. The quantitative estimate of drug-likeness (QED) is 0.747. The molecule has 1 rings (SSSR count). The van der Waals surface area contributed by atoms with Crippen LogP contribution in [0.5, 0.6) is 11.5 Å². The van der Waals surface area contributed by atoms with E-state index in [0.717, 1.165) is 6.42 Å². The maximum absolute atomic E-state index is 11.4. The number of carbonyl (C=O) groups is 1. The molecule has 0 aromatic heterocycles. The lowest BCUT2D eigenvalue weighted by molar-refractivity contribution is 0.101. The Labute approximate surface area is 109 Å². The number of rotatable bonds is 5. The molecule has 3 nitrogen and oxygen atoms in total. The normalized spacial score (nSPS) is 11.2. The Bertz CT molecular complexity index is 416. The van der Waals surface area contributed by atoms with Gasteiger partial charge in [0.25, 0.3) is 0 Å². The van der Waals surface area contributed by atoms with Crippen molar-refractivity contribution < 1.29 is 14.3 Å². The van der Waals surface area contributed by atoms with Crippen molar-refractivity contribution >= 4 is 5.78 Å². The molecular formula is C15H22O3. The molecule has 0 aliphatic carbocycles. The molecule has 100 valence electrons. The van der Waals surface area contributed by atoms with Crippen LogP contribution in [-0.4, -0.2) is 19.5 Å². The third kappa shape index (κ3) is 4.78. The van der Waals surface area contributed by atoms with E-state index < -0.39 is 0 Å². The van der Waals surface area contributed by atoms with Gasteiger partial charge in [0.1, 0.15) is 11.5 Å². The molecular weight excluding hydrogens is 228 g/mol. The third-order valence-electron chi connectivity index (χ3n) is 2.64. The lowest BCUT2D eigenvalue weighted by Crippen LogP contribution is -2.11. The van der Waals surface area contributed by atoms with Crippen LogP contribution in [-0.2, 0) is 0 Å². The Balaban J connectivity index is 2.76. The highest BCUT2D eigenvalue weighted by Gasteiger charge is 2.11. The van der Waals surface area contributed by atoms with Gasteiger partial charge in [-0.3, -0.25) is 4.79 Å². The summed E-state index contributed by atoms with van der Waals surface area (Å²) < 4.78 is 10.8. The highest BCUT2D eigenvalue weighted by Crippen LogP contribution is 2.24. The predicted molar refractivity (Wildman–Crippen MR) is 72.6 cm³/mol. The lowest BCUT2D eigenvalue weighted by Gasteiger charge is -2.18. The van der Waals surface area contributed by atoms with Gasteiger partial charge in [-0.1, -0.05) is 20.8 Å². The molecule has 3 heteroatoms. The predicted octanol–water partition coefficient (Wildman–Crippen LogP) is 3.71. The average molecular weight is 250 g/mol. The standard InChI is InChI=1S/C15H22O3/c1-11(16)12-8-13(17-5)10-14(9-12)18-7-6-15(2,3)4/h8-10H,6-7H2,1-5H3. The van der Waals surface area contributed by atoms with Crippen LogP contribution in [0.1, 0.15) is 44.5 Å². The first-order valence-electron chi connectivity index (χ1n) is 6.14. The molecule has 1 aromatic rings. The van der Waals surface area contributed by atoms with E-state index >= 15 is 0 Å². The zero-order valence-corrected chi connectivity index (χ0v) is 11.9. The van der Waals surface area contributed by atoms with Crippen molar-refractivity contribution in [2.45, 2.75) is 34.1 Å². The smallest absolute Gasteiger partial charge is 0.160 e. The van der Waals surface area contributed by atoms with Gasteiger partial charge >= 0.3 is 0 Å². The largest absolute Gasteiger partial charge is 0.497 e. The summed E-state index contributed by atoms with van der Waals surface area (Å²) in [4.78, 5) is 11.4. The maximum atomic E-state index is 11.4. The minimum absolute atomic E-state index is 0.00886. The van der Waals surface area contributed by atoms with E-state index in [1.807, 2.05) is 0 Å². The summed E-state index contributed by atoms with van der Waals surface area (Å²) in [7, 11) is 1.58. The number of carbonyl (C=O) groups excluding carboxylic acids is 1. The van der Waals surface area contributed by atoms with E-state index in [2.05, 4.69) is 20.8 Å². The Kier molecular flexibility index (Phi) is 4.76. The molecule has 0 saturated heterocycles. The molecule has 0 atom stereocenters. The van der Waals surface area contributed by atoms with Crippen molar-refractivity contribution in [3.05, 3.63) is 23.8 Å². The van der Waals surface area contributed by atoms with Crippen LogP contribution < -0.4 is 9.47 Å². The first-order valence-corrected chi connectivity index (χ1v) is 6.14. The maximum Gasteiger partial charge on any atom is 0.160 e. The number of hydrogen-bond acceptors (Lipinski definition) is 3. The summed E-state index contributed by atoms with van der Waals surface area (Å²) in [5.41, 5.74) is 0.850. The van der Waals surface area contributed by atoms with Crippen molar-refractivity contribution in [2.75, 3.05) is 13.7 Å². The number of ketones is 1. The average Bonchev–Trinajstić information content (AvgIpc) is 2.26. The molecule has 0 radical (unpaired) electrons. The Morgan fingerprint density at radius 2 is 1.78 bits per heavy atom. The molecule has 1 aromatic carbocycles. The highest BCUT2D eigenvalue weighted by molar-refractivity contribution is 5.94. The Hall–Kier alpha value is -1.51. The van der Waals surface area contributed by atoms with Crippen LogP contribution in [0.2, 0.25) is 0 Å². The van der Waals surface area contributed by atoms with Crippen LogP contribution in [0.4, 0.5) is 0 Å². The molecule has 0 saturated carbocycles. The van der Waals surface area contributed by atoms with Crippen LogP contribution in [0.3, 0.4) is 0 Å². The molecule has 0 aliphatic heterocycles. The first kappa shape index (κ1) is 14.6. The number of hydrogen-bond donors (Lipinski definition) is 0. The minimum Gasteiger partial charge on any atom is -0.497 e. The lowest BCUT2D eigenvalue weighted by atomic mass is 9.93. The third-order valence-corrected chi connectivity index (χ3v) is 2.64. The summed E-state index contributed by atoms with van der Waals surface area (Å²) >= 11 is 0. The summed E-state index contributed by atoms with van der Waals surface area (Å²) in [6.07, 6.45) is 0.958. The van der Waals surface area contributed by atoms with Gasteiger partial charge in [-0.2, -0.15) is 0 Å². The summed E-state index contributed by atoms with van der Waals surface area (Å²) in [5.74, 6) is 1.34. The van der Waals surface area contributed by atoms with Gasteiger partial charge in [0.2, 0.25) is 0 Å². The Morgan fingerprint density at radius 1 is 1.17 bits per heavy atom. The van der Waals surface area contributed by atoms with E-state index in [9.17, 15) is 4.79 Å². The van der Waals surface area contributed by atoms with Crippen molar-refractivity contribution in [3.8, 4) is 11.5 Å². The number of methoxy groups -OCH3 is 1. The van der Waals surface area contributed by atoms with Crippen LogP contribution in [0, 0.1) is 5.41 Å². The van der Waals surface area contributed by atoms with E-state index in [1.54, 1.807) is 25.3 Å². The first-order chi connectivity index (χ1) is 8.31. The van der Waals surface area contributed by atoms with Gasteiger partial charge in [-0.25, -0.2) is 0 Å². The zero-order valence-electron chi connectivity index (χ0n) is 11.9. The molecule has 0 heterocycles. The van der Waals surface area contributed by atoms with Gasteiger partial charge in [-0.05, 0) is 30.9 Å². The van der Waals surface area contributed by atoms with Gasteiger partial charge in [0.15, 0.2) is 5.78 Å². The van der Waals surface area contributed by atoms with Gasteiger partial charge in [0.05, 0.1) is 13.7 Å². The highest BCUT2D eigenvalue weighted by atomic mass is 16.5. The van der Waals surface area contributed by atoms with Crippen molar-refractivity contribution in [3.63, 3.8) is 0 Å². The van der Waals surface area contributed by atoms with E-state index in [1.165, 1.54) is 6.92 Å². The second kappa shape index (κ2) is 5.89. The zero-order chi connectivity index (χ0) is 13.8. The molecule has 0 bridgehead atoms. The van der Waals surface area contributed by atoms with Gasteiger partial charge < -0.3 is 9.47 Å². The topological polar surface area (TPSA) is 35.5 Å². The number of benzene rings is 1. The van der Waals surface area contributed by atoms with E-state index in [-0.39, 0.29) is 11.2 Å². The molecule has 0 N–H and O–H groups in total. The molecule has 0 unspecified atom stereocenters. The van der Waals surface area contributed by atoms with Crippen molar-refractivity contribution in [2.24, 2.45) is 5.41 Å². The van der Waals surface area contributed by atoms with E-state index in [0.29, 0.717) is 23.7 Å². The molecule has 18 heavy (non-hydrogen) atoms. The van der Waals surface area contributed by atoms with Gasteiger partial charge in [0, 0.05) is 11.6 Å². The van der Waals surface area contributed by atoms with Gasteiger partial charge in [-0.15, -0.1) is 0 Å². The van der Waals surface area contributed by atoms with E-state index in [4.69, 9.17) is 9.47 Å². The summed E-state index contributed by atoms with van der Waals surface area (Å²) in [6.45, 7) is 8.68. The fraction of sp³-hybridized carbons (Fsp3) is 0.533. The fourth-order valence-corrected chi connectivity index (χ4v) is 1.45. The number of ether oxygens (including phenoxy) is 2. The number of Topliss-reactive ketones (excluding diaryl/α,β-unsaturated/α-hetero) is 1. The van der Waals surface area contributed by atoms with Crippen LogP contribution >= 0.6 is 0 Å². The summed E-state index contributed by atoms with van der Waals surface area (Å²) in [6, 6.07) is 5.28. The van der Waals surface area contributed by atoms with Crippen molar-refractivity contribution in [1.29, 1.82) is 0 Å². The monoisotopic (exact) mass is 250 g/mol. The molecule has 0 fully saturated rings. The van der Waals surface area contributed by atoms with Crippen molar-refractivity contribution in [1.82, 2.24) is 0 Å². The van der Waals surface area contributed by atoms with Crippen LogP contribution in [0.15, 0.2) is 18.2 Å². The molecule has 0 aliphatic rings. The fourth-order valence-electron chi connectivity index (χ4n) is 1.45. The molecule has 0 spiro atoms. The second-order valence-corrected chi connectivity index (χ2v) is 5.61.